The number of benzene rings is 2. The summed E-state index contributed by atoms with van der Waals surface area (Å²) in [5.74, 6) is -0.728. The van der Waals surface area contributed by atoms with E-state index in [1.165, 1.54) is 6.26 Å². The molecule has 7 heteroatoms. The van der Waals surface area contributed by atoms with Crippen LogP contribution >= 0.6 is 0 Å². The van der Waals surface area contributed by atoms with E-state index >= 15 is 0 Å². The molecule has 1 fully saturated rings. The lowest BCUT2D eigenvalue weighted by Crippen LogP contribution is -2.43. The number of Topliss-reactive ketones (excluding diaryl/α,β-unsaturated/α-hetero) is 1. The minimum absolute atomic E-state index is 0.120. The Balaban J connectivity index is 1.35. The lowest BCUT2D eigenvalue weighted by molar-refractivity contribution is -0.132. The first kappa shape index (κ1) is 21.6. The lowest BCUT2D eigenvalue weighted by atomic mass is 9.80. The number of hydrogen-bond donors (Lipinski definition) is 0. The predicted molar refractivity (Wildman–Crippen MR) is 114 cm³/mol. The van der Waals surface area contributed by atoms with Gasteiger partial charge in [-0.2, -0.15) is 0 Å². The molecule has 0 saturated heterocycles. The Morgan fingerprint density at radius 2 is 1.69 bits per heavy atom. The predicted octanol–water partition coefficient (Wildman–Crippen LogP) is 4.08. The van der Waals surface area contributed by atoms with Gasteiger partial charge in [0, 0.05) is 6.42 Å². The highest BCUT2D eigenvalue weighted by Crippen LogP contribution is 2.35. The molecule has 166 valence electrons. The summed E-state index contributed by atoms with van der Waals surface area (Å²) in [5, 5.41) is 0. The van der Waals surface area contributed by atoms with Crippen molar-refractivity contribution in [2.24, 2.45) is 5.92 Å². The average molecular weight is 436 g/mol. The zero-order chi connectivity index (χ0) is 22.5. The van der Waals surface area contributed by atoms with Gasteiger partial charge in [-0.05, 0) is 56.2 Å². The van der Waals surface area contributed by atoms with E-state index in [2.05, 4.69) is 0 Å². The van der Waals surface area contributed by atoms with E-state index in [1.807, 2.05) is 6.07 Å². The highest BCUT2D eigenvalue weighted by Gasteiger charge is 2.42. The third kappa shape index (κ3) is 4.82. The minimum Gasteiger partial charge on any atom is -0.493 e. The third-order valence-corrected chi connectivity index (χ3v) is 5.55. The zero-order valence-corrected chi connectivity index (χ0v) is 17.7. The van der Waals surface area contributed by atoms with Gasteiger partial charge in [0.1, 0.15) is 24.2 Å². The quantitative estimate of drug-likeness (QED) is 0.631. The molecular formula is C25H24O7. The number of esters is 2. The molecule has 2 aromatic carbocycles. The molecule has 1 heterocycles. The topological polar surface area (TPSA) is 88.1 Å². The minimum atomic E-state index is -0.414. The van der Waals surface area contributed by atoms with E-state index in [9.17, 15) is 14.4 Å². The van der Waals surface area contributed by atoms with E-state index in [4.69, 9.17) is 18.9 Å². The summed E-state index contributed by atoms with van der Waals surface area (Å²) < 4.78 is 22.1. The molecule has 1 aliphatic carbocycles. The van der Waals surface area contributed by atoms with Crippen LogP contribution in [0.25, 0.3) is 0 Å². The Hall–Kier alpha value is -3.61. The number of fused-ring (bicyclic) bond motifs is 1. The fourth-order valence-corrected chi connectivity index (χ4v) is 3.91. The molecule has 3 unspecified atom stereocenters. The van der Waals surface area contributed by atoms with Crippen LogP contribution in [0, 0.1) is 5.92 Å². The summed E-state index contributed by atoms with van der Waals surface area (Å²) in [6.07, 6.45) is 2.23. The average Bonchev–Trinajstić information content (AvgIpc) is 2.82. The van der Waals surface area contributed by atoms with Gasteiger partial charge in [0.25, 0.3) is 0 Å². The highest BCUT2D eigenvalue weighted by molar-refractivity contribution is 5.96. The first-order chi connectivity index (χ1) is 15.5. The standard InChI is InChI=1S/C25H24O7/c1-2-29-24(27)17-8-10-18(11-9-17)31-22-15-30-21-14-19(12-13-20(21)23(22)26)32-25(28)16-6-4-3-5-7-16/h3-11,15,19-21H,2,12-14H2,1H3. The van der Waals surface area contributed by atoms with E-state index in [0.717, 1.165) is 0 Å². The van der Waals surface area contributed by atoms with E-state index in [-0.39, 0.29) is 35.6 Å². The van der Waals surface area contributed by atoms with Crippen molar-refractivity contribution in [3.8, 4) is 5.75 Å². The number of carbonyl (C=O) groups excluding carboxylic acids is 3. The largest absolute Gasteiger partial charge is 0.493 e. The normalized spacial score (nSPS) is 22.1. The van der Waals surface area contributed by atoms with Gasteiger partial charge in [0.05, 0.1) is 23.7 Å². The molecule has 0 spiro atoms. The van der Waals surface area contributed by atoms with Gasteiger partial charge >= 0.3 is 11.9 Å². The summed E-state index contributed by atoms with van der Waals surface area (Å²) in [6.45, 7) is 2.04. The van der Waals surface area contributed by atoms with Crippen LogP contribution in [0.4, 0.5) is 0 Å². The molecule has 2 aliphatic rings. The van der Waals surface area contributed by atoms with Gasteiger partial charge < -0.3 is 18.9 Å². The summed E-state index contributed by atoms with van der Waals surface area (Å²) >= 11 is 0. The van der Waals surface area contributed by atoms with Crippen LogP contribution in [0.15, 0.2) is 66.6 Å². The Labute approximate surface area is 185 Å². The molecule has 1 aliphatic heterocycles. The van der Waals surface area contributed by atoms with Crippen LogP contribution in [-0.2, 0) is 19.0 Å². The van der Waals surface area contributed by atoms with Gasteiger partial charge in [-0.25, -0.2) is 9.59 Å². The molecule has 0 radical (unpaired) electrons. The van der Waals surface area contributed by atoms with Crippen molar-refractivity contribution in [3.63, 3.8) is 0 Å². The van der Waals surface area contributed by atoms with E-state index < -0.39 is 5.97 Å². The number of hydrogen-bond acceptors (Lipinski definition) is 7. The molecule has 2 aromatic rings. The van der Waals surface area contributed by atoms with Gasteiger partial charge in [0.15, 0.2) is 0 Å². The summed E-state index contributed by atoms with van der Waals surface area (Å²) in [6, 6.07) is 15.2. The Morgan fingerprint density at radius 3 is 2.41 bits per heavy atom. The second-order valence-corrected chi connectivity index (χ2v) is 7.68. The Bertz CT molecular complexity index is 1010. The monoisotopic (exact) mass is 436 g/mol. The molecule has 0 bridgehead atoms. The first-order valence-corrected chi connectivity index (χ1v) is 10.7. The maximum Gasteiger partial charge on any atom is 0.338 e. The van der Waals surface area contributed by atoms with Crippen molar-refractivity contribution in [2.75, 3.05) is 6.61 Å². The highest BCUT2D eigenvalue weighted by atomic mass is 16.6. The smallest absolute Gasteiger partial charge is 0.338 e. The van der Waals surface area contributed by atoms with Gasteiger partial charge in [-0.1, -0.05) is 18.2 Å². The van der Waals surface area contributed by atoms with Crippen LogP contribution in [0.1, 0.15) is 46.9 Å². The fourth-order valence-electron chi connectivity index (χ4n) is 3.91. The molecule has 3 atom stereocenters. The second-order valence-electron chi connectivity index (χ2n) is 7.68. The lowest BCUT2D eigenvalue weighted by Gasteiger charge is -2.36. The van der Waals surface area contributed by atoms with Crippen LogP contribution in [0.2, 0.25) is 0 Å². The summed E-state index contributed by atoms with van der Waals surface area (Å²) in [7, 11) is 0. The maximum absolute atomic E-state index is 12.9. The van der Waals surface area contributed by atoms with Gasteiger partial charge in [0.2, 0.25) is 11.5 Å². The number of allylic oxidation sites excluding steroid dienone is 1. The van der Waals surface area contributed by atoms with Crippen LogP contribution < -0.4 is 4.74 Å². The summed E-state index contributed by atoms with van der Waals surface area (Å²) in [4.78, 5) is 37.0. The number of ether oxygens (including phenoxy) is 4. The third-order valence-electron chi connectivity index (χ3n) is 5.55. The van der Waals surface area contributed by atoms with Crippen molar-refractivity contribution in [2.45, 2.75) is 38.4 Å². The maximum atomic E-state index is 12.9. The molecule has 0 N–H and O–H groups in total. The summed E-state index contributed by atoms with van der Waals surface area (Å²) in [5.41, 5.74) is 0.905. The van der Waals surface area contributed by atoms with Gasteiger partial charge in [-0.3, -0.25) is 4.79 Å². The molecule has 7 nitrogen and oxygen atoms in total. The fraction of sp³-hybridized carbons (Fsp3) is 0.320. The second kappa shape index (κ2) is 9.68. The van der Waals surface area contributed by atoms with Crippen molar-refractivity contribution in [1.82, 2.24) is 0 Å². The van der Waals surface area contributed by atoms with E-state index in [1.54, 1.807) is 55.5 Å². The number of rotatable bonds is 6. The van der Waals surface area contributed by atoms with E-state index in [0.29, 0.717) is 42.7 Å². The molecule has 1 saturated carbocycles. The van der Waals surface area contributed by atoms with Crippen molar-refractivity contribution >= 4 is 17.7 Å². The number of carbonyl (C=O) groups is 3. The van der Waals surface area contributed by atoms with Gasteiger partial charge in [-0.15, -0.1) is 0 Å². The Morgan fingerprint density at radius 1 is 0.969 bits per heavy atom. The Kier molecular flexibility index (Phi) is 6.54. The zero-order valence-electron chi connectivity index (χ0n) is 17.7. The van der Waals surface area contributed by atoms with Crippen LogP contribution in [-0.4, -0.2) is 36.5 Å². The van der Waals surface area contributed by atoms with Crippen LogP contribution in [0.5, 0.6) is 5.75 Å². The number of ketones is 1. The molecule has 4 rings (SSSR count). The first-order valence-electron chi connectivity index (χ1n) is 10.7. The molecule has 32 heavy (non-hydrogen) atoms. The molecular weight excluding hydrogens is 412 g/mol. The van der Waals surface area contributed by atoms with Crippen LogP contribution in [0.3, 0.4) is 0 Å². The van der Waals surface area contributed by atoms with Crippen molar-refractivity contribution in [1.29, 1.82) is 0 Å². The molecule has 0 aromatic heterocycles. The van der Waals surface area contributed by atoms with Crippen molar-refractivity contribution < 1.29 is 33.3 Å². The molecule has 0 amide bonds. The van der Waals surface area contributed by atoms with Crippen molar-refractivity contribution in [3.05, 3.63) is 77.7 Å². The SMILES string of the molecule is CCOC(=O)c1ccc(OC2=COC3CC(OC(=O)c4ccccc4)CCC3C2=O)cc1.